The molecule has 0 bridgehead atoms. The zero-order valence-electron chi connectivity index (χ0n) is 22.0. The molecule has 38 heavy (non-hydrogen) atoms. The largest absolute Gasteiger partial charge is 0.390 e. The first-order chi connectivity index (χ1) is 18.0. The molecule has 1 aliphatic carbocycles. The van der Waals surface area contributed by atoms with Crippen LogP contribution in [0.25, 0.3) is 0 Å². The third kappa shape index (κ3) is 5.76. The van der Waals surface area contributed by atoms with Crippen LogP contribution in [0.3, 0.4) is 0 Å². The minimum Gasteiger partial charge on any atom is -0.390 e. The Morgan fingerprint density at radius 3 is 2.58 bits per heavy atom. The van der Waals surface area contributed by atoms with Gasteiger partial charge in [0.2, 0.25) is 5.91 Å². The molecule has 3 atom stereocenters. The summed E-state index contributed by atoms with van der Waals surface area (Å²) in [5.41, 5.74) is 2.25. The molecule has 0 unspecified atom stereocenters. The number of aliphatic hydroxyl groups is 1. The number of amides is 2. The third-order valence-electron chi connectivity index (χ3n) is 7.83. The lowest BCUT2D eigenvalue weighted by atomic mass is 9.86. The molecule has 9 nitrogen and oxygen atoms in total. The van der Waals surface area contributed by atoms with E-state index in [0.29, 0.717) is 30.4 Å². The Bertz CT molecular complexity index is 1320. The minimum absolute atomic E-state index is 0.0657. The van der Waals surface area contributed by atoms with E-state index in [1.54, 1.807) is 24.3 Å². The number of benzene rings is 2. The highest BCUT2D eigenvalue weighted by Crippen LogP contribution is 2.34. The average molecular weight is 541 g/mol. The van der Waals surface area contributed by atoms with Gasteiger partial charge in [0.15, 0.2) is 5.96 Å². The number of nitrogens with one attached hydrogen (secondary N) is 3. The summed E-state index contributed by atoms with van der Waals surface area (Å²) < 4.78 is 24.1. The van der Waals surface area contributed by atoms with Crippen molar-refractivity contribution < 1.29 is 23.1 Å². The topological polar surface area (TPSA) is 140 Å². The number of fused-ring (bicyclic) bond motifs is 1. The quantitative estimate of drug-likeness (QED) is 0.386. The Morgan fingerprint density at radius 1 is 1.21 bits per heavy atom. The van der Waals surface area contributed by atoms with Gasteiger partial charge >= 0.3 is 0 Å². The Hall–Kier alpha value is -3.24. The van der Waals surface area contributed by atoms with Crippen LogP contribution in [0.15, 0.2) is 48.5 Å². The Balaban J connectivity index is 1.62. The fourth-order valence-corrected chi connectivity index (χ4v) is 6.14. The summed E-state index contributed by atoms with van der Waals surface area (Å²) in [5, 5.41) is 25.3. The Kier molecular flexibility index (Phi) is 7.94. The second-order valence-corrected chi connectivity index (χ2v) is 12.6. The van der Waals surface area contributed by atoms with Crippen molar-refractivity contribution in [3.05, 3.63) is 70.8 Å². The SMILES string of the molecule is CCC1(CC)CC(=O)N([C@H](CCS(C)(=O)=O)c2cccc(C(=O)N[C@@H]3c4ccccc4C[C@H]3O)c2)C(=N)N1. The fourth-order valence-electron chi connectivity index (χ4n) is 5.49. The molecule has 1 fully saturated rings. The van der Waals surface area contributed by atoms with E-state index in [1.165, 1.54) is 4.90 Å². The van der Waals surface area contributed by atoms with Crippen LogP contribution in [0.4, 0.5) is 0 Å². The lowest BCUT2D eigenvalue weighted by Gasteiger charge is -2.45. The molecule has 0 saturated carbocycles. The van der Waals surface area contributed by atoms with Gasteiger partial charge in [-0.2, -0.15) is 0 Å². The molecular formula is C28H36N4O5S. The van der Waals surface area contributed by atoms with Crippen molar-refractivity contribution in [2.24, 2.45) is 0 Å². The van der Waals surface area contributed by atoms with E-state index < -0.39 is 33.6 Å². The van der Waals surface area contributed by atoms with Gasteiger partial charge < -0.3 is 15.7 Å². The predicted molar refractivity (Wildman–Crippen MR) is 146 cm³/mol. The van der Waals surface area contributed by atoms with E-state index in [1.807, 2.05) is 38.1 Å². The lowest BCUT2D eigenvalue weighted by molar-refractivity contribution is -0.132. The first-order valence-electron chi connectivity index (χ1n) is 13.0. The number of aliphatic hydroxyl groups excluding tert-OH is 1. The number of rotatable bonds is 9. The summed E-state index contributed by atoms with van der Waals surface area (Å²) in [6, 6.07) is 13.0. The van der Waals surface area contributed by atoms with Crippen LogP contribution < -0.4 is 10.6 Å². The van der Waals surface area contributed by atoms with Crippen LogP contribution in [0.1, 0.15) is 78.7 Å². The van der Waals surface area contributed by atoms with Crippen molar-refractivity contribution in [1.82, 2.24) is 15.5 Å². The van der Waals surface area contributed by atoms with Crippen molar-refractivity contribution in [1.29, 1.82) is 5.41 Å². The summed E-state index contributed by atoms with van der Waals surface area (Å²) >= 11 is 0. The molecule has 1 saturated heterocycles. The first-order valence-corrected chi connectivity index (χ1v) is 15.1. The highest BCUT2D eigenvalue weighted by atomic mass is 32.2. The number of sulfone groups is 1. The normalized spacial score (nSPS) is 21.5. The first kappa shape index (κ1) is 27.8. The number of hydrogen-bond acceptors (Lipinski definition) is 6. The second kappa shape index (κ2) is 10.9. The van der Waals surface area contributed by atoms with Gasteiger partial charge in [-0.05, 0) is 48.1 Å². The van der Waals surface area contributed by atoms with E-state index in [-0.39, 0.29) is 36.4 Å². The number of hydrogen-bond donors (Lipinski definition) is 4. The molecule has 0 spiro atoms. The monoisotopic (exact) mass is 540 g/mol. The summed E-state index contributed by atoms with van der Waals surface area (Å²) in [4.78, 5) is 28.0. The van der Waals surface area contributed by atoms with Crippen LogP contribution in [-0.2, 0) is 21.1 Å². The van der Waals surface area contributed by atoms with Gasteiger partial charge in [0.25, 0.3) is 5.91 Å². The number of guanidine groups is 1. The molecule has 2 aliphatic rings. The molecule has 0 radical (unpaired) electrons. The highest BCUT2D eigenvalue weighted by molar-refractivity contribution is 7.90. The van der Waals surface area contributed by atoms with E-state index in [0.717, 1.165) is 17.4 Å². The zero-order valence-corrected chi connectivity index (χ0v) is 22.8. The van der Waals surface area contributed by atoms with Gasteiger partial charge in [0.1, 0.15) is 9.84 Å². The second-order valence-electron chi connectivity index (χ2n) is 10.4. The van der Waals surface area contributed by atoms with Crippen LogP contribution in [0.2, 0.25) is 0 Å². The average Bonchev–Trinajstić information content (AvgIpc) is 3.19. The fraction of sp³-hybridized carbons (Fsp3) is 0.464. The summed E-state index contributed by atoms with van der Waals surface area (Å²) in [6.45, 7) is 3.94. The molecule has 0 aromatic heterocycles. The number of carbonyl (C=O) groups is 2. The molecule has 2 amide bonds. The van der Waals surface area contributed by atoms with Crippen LogP contribution >= 0.6 is 0 Å². The van der Waals surface area contributed by atoms with Crippen LogP contribution in [-0.4, -0.2) is 59.8 Å². The molecule has 204 valence electrons. The predicted octanol–water partition coefficient (Wildman–Crippen LogP) is 2.87. The van der Waals surface area contributed by atoms with Gasteiger partial charge in [-0.1, -0.05) is 50.2 Å². The van der Waals surface area contributed by atoms with Gasteiger partial charge in [0.05, 0.1) is 30.4 Å². The summed E-state index contributed by atoms with van der Waals surface area (Å²) in [7, 11) is -3.35. The molecule has 2 aromatic rings. The van der Waals surface area contributed by atoms with E-state index in [9.17, 15) is 23.1 Å². The maximum atomic E-state index is 13.4. The maximum absolute atomic E-state index is 13.4. The molecular weight excluding hydrogens is 504 g/mol. The Morgan fingerprint density at radius 2 is 1.92 bits per heavy atom. The molecule has 1 heterocycles. The highest BCUT2D eigenvalue weighted by Gasteiger charge is 2.42. The zero-order chi connectivity index (χ0) is 27.7. The van der Waals surface area contributed by atoms with Crippen molar-refractivity contribution in [2.45, 2.75) is 69.7 Å². The minimum atomic E-state index is -3.35. The van der Waals surface area contributed by atoms with E-state index >= 15 is 0 Å². The molecule has 2 aromatic carbocycles. The van der Waals surface area contributed by atoms with Crippen molar-refractivity contribution in [3.8, 4) is 0 Å². The number of nitrogens with zero attached hydrogens (tertiary/aromatic N) is 1. The van der Waals surface area contributed by atoms with Gasteiger partial charge in [-0.25, -0.2) is 8.42 Å². The van der Waals surface area contributed by atoms with Crippen molar-refractivity contribution in [2.75, 3.05) is 12.0 Å². The van der Waals surface area contributed by atoms with Gasteiger partial charge in [0, 0.05) is 23.8 Å². The molecule has 1 aliphatic heterocycles. The Labute approximate surface area is 224 Å². The van der Waals surface area contributed by atoms with Crippen LogP contribution in [0, 0.1) is 5.41 Å². The third-order valence-corrected chi connectivity index (χ3v) is 8.81. The standard InChI is InChI=1S/C28H36N4O5S/c1-4-28(5-2)17-24(34)32(27(29)31-28)22(13-14-38(3,36)37)19-10-8-11-20(15-19)26(35)30-25-21-12-7-6-9-18(21)16-23(25)33/h6-12,15,22-23,25,33H,4-5,13-14,16-17H2,1-3H3,(H2,29,31)(H,30,35)/t22-,23-,25-/m1/s1. The van der Waals surface area contributed by atoms with Gasteiger partial charge in [-0.3, -0.25) is 19.9 Å². The smallest absolute Gasteiger partial charge is 0.251 e. The molecule has 4 rings (SSSR count). The van der Waals surface area contributed by atoms with Crippen molar-refractivity contribution in [3.63, 3.8) is 0 Å². The number of carbonyl (C=O) groups excluding carboxylic acids is 2. The van der Waals surface area contributed by atoms with Crippen LogP contribution in [0.5, 0.6) is 0 Å². The van der Waals surface area contributed by atoms with E-state index in [2.05, 4.69) is 10.6 Å². The molecule has 4 N–H and O–H groups in total. The summed E-state index contributed by atoms with van der Waals surface area (Å²) in [6.07, 6.45) is 2.47. The lowest BCUT2D eigenvalue weighted by Crippen LogP contribution is -2.62. The van der Waals surface area contributed by atoms with E-state index in [4.69, 9.17) is 5.41 Å². The molecule has 10 heteroatoms. The summed E-state index contributed by atoms with van der Waals surface area (Å²) in [5.74, 6) is -0.882. The van der Waals surface area contributed by atoms with Gasteiger partial charge in [-0.15, -0.1) is 0 Å². The maximum Gasteiger partial charge on any atom is 0.251 e. The van der Waals surface area contributed by atoms with Crippen molar-refractivity contribution >= 4 is 27.6 Å².